The van der Waals surface area contributed by atoms with Gasteiger partial charge < -0.3 is 19.4 Å². The summed E-state index contributed by atoms with van der Waals surface area (Å²) in [6, 6.07) is 4.27. The number of nitrogens with one attached hydrogen (secondary N) is 1. The van der Waals surface area contributed by atoms with Crippen molar-refractivity contribution < 1.29 is 14.6 Å². The van der Waals surface area contributed by atoms with Gasteiger partial charge in [0.1, 0.15) is 0 Å². The van der Waals surface area contributed by atoms with Crippen LogP contribution in [0.25, 0.3) is 11.0 Å². The molecule has 0 bridgehead atoms. The first-order chi connectivity index (χ1) is 9.93. The molecule has 0 amide bonds. The number of carbonyl (C=O) groups is 1. The average molecular weight is 292 g/mol. The van der Waals surface area contributed by atoms with E-state index in [1.165, 1.54) is 22.8 Å². The SMILES string of the molecule is COCC(C)Cn1c(=O)c(=O)[nH]c2cc(C(=O)O)ccc21. The highest BCUT2D eigenvalue weighted by Gasteiger charge is 2.13. The molecule has 112 valence electrons. The van der Waals surface area contributed by atoms with Crippen molar-refractivity contribution >= 4 is 17.0 Å². The summed E-state index contributed by atoms with van der Waals surface area (Å²) in [6.45, 7) is 2.67. The average Bonchev–Trinajstić information content (AvgIpc) is 2.43. The van der Waals surface area contributed by atoms with Crippen LogP contribution in [0.4, 0.5) is 0 Å². The van der Waals surface area contributed by atoms with E-state index >= 15 is 0 Å². The molecule has 2 aromatic rings. The summed E-state index contributed by atoms with van der Waals surface area (Å²) >= 11 is 0. The highest BCUT2D eigenvalue weighted by atomic mass is 16.5. The van der Waals surface area contributed by atoms with Crippen molar-refractivity contribution in [1.29, 1.82) is 0 Å². The van der Waals surface area contributed by atoms with Gasteiger partial charge in [-0.15, -0.1) is 0 Å². The maximum absolute atomic E-state index is 12.0. The van der Waals surface area contributed by atoms with E-state index in [0.29, 0.717) is 24.2 Å². The van der Waals surface area contributed by atoms with E-state index < -0.39 is 17.1 Å². The maximum atomic E-state index is 12.0. The number of fused-ring (bicyclic) bond motifs is 1. The van der Waals surface area contributed by atoms with Crippen molar-refractivity contribution in [2.24, 2.45) is 5.92 Å². The van der Waals surface area contributed by atoms with Gasteiger partial charge >= 0.3 is 17.1 Å². The lowest BCUT2D eigenvalue weighted by Crippen LogP contribution is -2.38. The smallest absolute Gasteiger partial charge is 0.335 e. The maximum Gasteiger partial charge on any atom is 0.335 e. The Labute approximate surface area is 119 Å². The Bertz CT molecular complexity index is 790. The van der Waals surface area contributed by atoms with Crippen LogP contribution in [0.3, 0.4) is 0 Å². The molecular formula is C14H16N2O5. The van der Waals surface area contributed by atoms with Crippen LogP contribution in [-0.2, 0) is 11.3 Å². The molecule has 2 rings (SSSR count). The number of methoxy groups -OCH3 is 1. The summed E-state index contributed by atoms with van der Waals surface area (Å²) in [5, 5.41) is 8.98. The zero-order valence-electron chi connectivity index (χ0n) is 11.8. The fourth-order valence-electron chi connectivity index (χ4n) is 2.24. The number of hydrogen-bond donors (Lipinski definition) is 2. The number of benzene rings is 1. The van der Waals surface area contributed by atoms with Crippen LogP contribution in [0, 0.1) is 5.92 Å². The minimum absolute atomic E-state index is 0.0388. The second-order valence-electron chi connectivity index (χ2n) is 4.97. The van der Waals surface area contributed by atoms with Gasteiger partial charge in [-0.2, -0.15) is 0 Å². The van der Waals surface area contributed by atoms with Crippen molar-refractivity contribution in [3.05, 3.63) is 44.5 Å². The molecule has 1 heterocycles. The summed E-state index contributed by atoms with van der Waals surface area (Å²) < 4.78 is 6.38. The predicted molar refractivity (Wildman–Crippen MR) is 76.8 cm³/mol. The summed E-state index contributed by atoms with van der Waals surface area (Å²) in [4.78, 5) is 37.1. The number of nitrogens with zero attached hydrogens (tertiary/aromatic N) is 1. The molecule has 0 fully saturated rings. The largest absolute Gasteiger partial charge is 0.478 e. The molecule has 21 heavy (non-hydrogen) atoms. The van der Waals surface area contributed by atoms with Crippen LogP contribution in [0.2, 0.25) is 0 Å². The number of carboxylic acids is 1. The summed E-state index contributed by atoms with van der Waals surface area (Å²) in [7, 11) is 1.56. The molecule has 0 saturated heterocycles. The fraction of sp³-hybridized carbons (Fsp3) is 0.357. The van der Waals surface area contributed by atoms with E-state index in [4.69, 9.17) is 9.84 Å². The number of hydrogen-bond acceptors (Lipinski definition) is 4. The zero-order chi connectivity index (χ0) is 15.6. The third-order valence-electron chi connectivity index (χ3n) is 3.17. The summed E-state index contributed by atoms with van der Waals surface area (Å²) in [6.07, 6.45) is 0. The van der Waals surface area contributed by atoms with Crippen LogP contribution in [0.5, 0.6) is 0 Å². The van der Waals surface area contributed by atoms with Gasteiger partial charge in [0, 0.05) is 13.7 Å². The van der Waals surface area contributed by atoms with Crippen molar-refractivity contribution in [2.45, 2.75) is 13.5 Å². The number of carboxylic acid groups (broad SMARTS) is 1. The summed E-state index contributed by atoms with van der Waals surface area (Å²) in [5.74, 6) is -1.06. The van der Waals surface area contributed by atoms with E-state index in [1.807, 2.05) is 6.92 Å². The second-order valence-corrected chi connectivity index (χ2v) is 4.97. The molecule has 0 radical (unpaired) electrons. The molecule has 0 aliphatic heterocycles. The van der Waals surface area contributed by atoms with Gasteiger partial charge in [0.25, 0.3) is 0 Å². The Morgan fingerprint density at radius 3 is 2.76 bits per heavy atom. The minimum atomic E-state index is -1.09. The zero-order valence-corrected chi connectivity index (χ0v) is 11.8. The molecule has 7 heteroatoms. The lowest BCUT2D eigenvalue weighted by atomic mass is 10.1. The highest BCUT2D eigenvalue weighted by Crippen LogP contribution is 2.13. The Hall–Kier alpha value is -2.41. The number of rotatable bonds is 5. The van der Waals surface area contributed by atoms with Gasteiger partial charge in [-0.25, -0.2) is 4.79 Å². The van der Waals surface area contributed by atoms with Gasteiger partial charge in [-0.05, 0) is 24.1 Å². The van der Waals surface area contributed by atoms with Crippen LogP contribution < -0.4 is 11.1 Å². The van der Waals surface area contributed by atoms with Crippen LogP contribution in [0.15, 0.2) is 27.8 Å². The first-order valence-corrected chi connectivity index (χ1v) is 6.43. The Balaban J connectivity index is 2.62. The normalized spacial score (nSPS) is 12.5. The quantitative estimate of drug-likeness (QED) is 0.789. The van der Waals surface area contributed by atoms with E-state index in [2.05, 4.69) is 4.98 Å². The number of aromatic nitrogens is 2. The highest BCUT2D eigenvalue weighted by molar-refractivity contribution is 5.92. The minimum Gasteiger partial charge on any atom is -0.478 e. The van der Waals surface area contributed by atoms with Gasteiger partial charge in [0.15, 0.2) is 0 Å². The molecule has 1 aromatic carbocycles. The molecular weight excluding hydrogens is 276 g/mol. The molecule has 2 N–H and O–H groups in total. The first kappa shape index (κ1) is 15.0. The van der Waals surface area contributed by atoms with E-state index in [0.717, 1.165) is 0 Å². The Morgan fingerprint density at radius 2 is 2.14 bits per heavy atom. The van der Waals surface area contributed by atoms with Crippen LogP contribution in [0.1, 0.15) is 17.3 Å². The van der Waals surface area contributed by atoms with Gasteiger partial charge in [0.05, 0.1) is 23.2 Å². The van der Waals surface area contributed by atoms with Crippen molar-refractivity contribution in [3.8, 4) is 0 Å². The lowest BCUT2D eigenvalue weighted by Gasteiger charge is -2.14. The third-order valence-corrected chi connectivity index (χ3v) is 3.17. The molecule has 0 spiro atoms. The standard InChI is InChI=1S/C14H16N2O5/c1-8(7-21-2)6-16-11-4-3-9(14(19)20)5-10(11)15-12(17)13(16)18/h3-5,8H,6-7H2,1-2H3,(H,15,17)(H,19,20). The van der Waals surface area contributed by atoms with E-state index in [1.54, 1.807) is 7.11 Å². The molecule has 1 unspecified atom stereocenters. The van der Waals surface area contributed by atoms with E-state index in [9.17, 15) is 14.4 Å². The molecule has 1 aromatic heterocycles. The summed E-state index contributed by atoms with van der Waals surface area (Å²) in [5.41, 5.74) is -0.562. The van der Waals surface area contributed by atoms with Gasteiger partial charge in [-0.1, -0.05) is 6.92 Å². The van der Waals surface area contributed by atoms with Crippen molar-refractivity contribution in [1.82, 2.24) is 9.55 Å². The van der Waals surface area contributed by atoms with E-state index in [-0.39, 0.29) is 11.5 Å². The van der Waals surface area contributed by atoms with Crippen LogP contribution in [-0.4, -0.2) is 34.3 Å². The molecule has 0 saturated carbocycles. The second kappa shape index (κ2) is 5.92. The van der Waals surface area contributed by atoms with Gasteiger partial charge in [0.2, 0.25) is 0 Å². The van der Waals surface area contributed by atoms with Crippen molar-refractivity contribution in [3.63, 3.8) is 0 Å². The fourth-order valence-corrected chi connectivity index (χ4v) is 2.24. The van der Waals surface area contributed by atoms with Crippen molar-refractivity contribution in [2.75, 3.05) is 13.7 Å². The van der Waals surface area contributed by atoms with Crippen LogP contribution >= 0.6 is 0 Å². The molecule has 0 aliphatic carbocycles. The number of ether oxygens (including phenoxy) is 1. The Kier molecular flexibility index (Phi) is 4.23. The monoisotopic (exact) mass is 292 g/mol. The third kappa shape index (κ3) is 3.03. The van der Waals surface area contributed by atoms with Gasteiger partial charge in [-0.3, -0.25) is 9.59 Å². The predicted octanol–water partition coefficient (Wildman–Crippen LogP) is 0.671. The topological polar surface area (TPSA) is 101 Å². The number of H-pyrrole nitrogens is 1. The lowest BCUT2D eigenvalue weighted by molar-refractivity contribution is 0.0697. The molecule has 0 aliphatic rings. The number of aromatic carboxylic acids is 1. The number of aromatic amines is 1. The first-order valence-electron chi connectivity index (χ1n) is 6.43. The molecule has 1 atom stereocenters. The Morgan fingerprint density at radius 1 is 1.43 bits per heavy atom. The molecule has 7 nitrogen and oxygen atoms in total.